The van der Waals surface area contributed by atoms with Gasteiger partial charge in [-0.3, -0.25) is 9.48 Å². The van der Waals surface area contributed by atoms with Crippen molar-refractivity contribution in [3.8, 4) is 0 Å². The van der Waals surface area contributed by atoms with Crippen molar-refractivity contribution < 1.29 is 4.79 Å². The molecule has 112 valence electrons. The maximum Gasteiger partial charge on any atom is 0.251 e. The Balaban J connectivity index is 1.92. The van der Waals surface area contributed by atoms with E-state index in [9.17, 15) is 4.79 Å². The molecule has 21 heavy (non-hydrogen) atoms. The Hall–Kier alpha value is -2.30. The van der Waals surface area contributed by atoms with Crippen LogP contribution in [0.4, 0.5) is 5.69 Å². The number of carbonyl (C=O) groups excluding carboxylic acids is 1. The lowest BCUT2D eigenvalue weighted by molar-refractivity contribution is 0.0951. The molecule has 0 bridgehead atoms. The minimum absolute atomic E-state index is 0.0692. The van der Waals surface area contributed by atoms with Gasteiger partial charge in [0.05, 0.1) is 6.20 Å². The molecule has 0 aliphatic rings. The second-order valence-corrected chi connectivity index (χ2v) is 5.07. The van der Waals surface area contributed by atoms with Crippen LogP contribution in [0.2, 0.25) is 0 Å². The first kappa shape index (κ1) is 15.1. The Kier molecular flexibility index (Phi) is 4.98. The smallest absolute Gasteiger partial charge is 0.251 e. The standard InChI is InChI=1S/C16H22N4O/c1-4-9-17-15-7-5-13(6-8-15)16(21)18-10-14-11-19-20(3)12(14)2/h5-8,11,17H,4,9-10H2,1-3H3,(H,18,21). The van der Waals surface area contributed by atoms with Gasteiger partial charge in [-0.2, -0.15) is 5.10 Å². The van der Waals surface area contributed by atoms with Gasteiger partial charge in [0.1, 0.15) is 0 Å². The lowest BCUT2D eigenvalue weighted by Gasteiger charge is -2.07. The van der Waals surface area contributed by atoms with Crippen LogP contribution < -0.4 is 10.6 Å². The van der Waals surface area contributed by atoms with Crippen molar-refractivity contribution >= 4 is 11.6 Å². The van der Waals surface area contributed by atoms with Crippen molar-refractivity contribution in [1.29, 1.82) is 0 Å². The van der Waals surface area contributed by atoms with Gasteiger partial charge in [0.15, 0.2) is 0 Å². The molecule has 0 unspecified atom stereocenters. The van der Waals surface area contributed by atoms with Crippen LogP contribution in [0, 0.1) is 6.92 Å². The quantitative estimate of drug-likeness (QED) is 0.857. The van der Waals surface area contributed by atoms with E-state index < -0.39 is 0 Å². The van der Waals surface area contributed by atoms with E-state index in [-0.39, 0.29) is 5.91 Å². The van der Waals surface area contributed by atoms with Crippen LogP contribution in [0.1, 0.15) is 35.0 Å². The summed E-state index contributed by atoms with van der Waals surface area (Å²) in [5, 5.41) is 10.4. The summed E-state index contributed by atoms with van der Waals surface area (Å²) in [6.45, 7) is 5.54. The molecule has 5 heteroatoms. The first-order valence-corrected chi connectivity index (χ1v) is 7.21. The Labute approximate surface area is 125 Å². The molecule has 0 fully saturated rings. The molecule has 1 aromatic heterocycles. The molecule has 5 nitrogen and oxygen atoms in total. The average Bonchev–Trinajstić information content (AvgIpc) is 2.83. The Bertz CT molecular complexity index is 601. The van der Waals surface area contributed by atoms with Gasteiger partial charge in [-0.15, -0.1) is 0 Å². The van der Waals surface area contributed by atoms with E-state index in [1.165, 1.54) is 0 Å². The third-order valence-corrected chi connectivity index (χ3v) is 3.50. The Morgan fingerprint density at radius 1 is 1.29 bits per heavy atom. The van der Waals surface area contributed by atoms with E-state index >= 15 is 0 Å². The monoisotopic (exact) mass is 286 g/mol. The van der Waals surface area contributed by atoms with E-state index in [1.807, 2.05) is 38.2 Å². The molecular formula is C16H22N4O. The summed E-state index contributed by atoms with van der Waals surface area (Å²) >= 11 is 0. The van der Waals surface area contributed by atoms with Gasteiger partial charge in [-0.25, -0.2) is 0 Å². The number of rotatable bonds is 6. The molecule has 0 aliphatic carbocycles. The van der Waals surface area contributed by atoms with Gasteiger partial charge < -0.3 is 10.6 Å². The molecule has 1 aromatic carbocycles. The van der Waals surface area contributed by atoms with E-state index in [4.69, 9.17) is 0 Å². The highest BCUT2D eigenvalue weighted by Crippen LogP contribution is 2.10. The molecule has 0 saturated heterocycles. The number of hydrogen-bond donors (Lipinski definition) is 2. The second kappa shape index (κ2) is 6.92. The molecule has 2 rings (SSSR count). The van der Waals surface area contributed by atoms with Crippen molar-refractivity contribution in [2.75, 3.05) is 11.9 Å². The van der Waals surface area contributed by atoms with Crippen molar-refractivity contribution in [3.63, 3.8) is 0 Å². The predicted molar refractivity (Wildman–Crippen MR) is 84.3 cm³/mol. The maximum atomic E-state index is 12.1. The highest BCUT2D eigenvalue weighted by molar-refractivity contribution is 5.94. The molecule has 1 heterocycles. The van der Waals surface area contributed by atoms with Crippen molar-refractivity contribution in [2.24, 2.45) is 7.05 Å². The summed E-state index contributed by atoms with van der Waals surface area (Å²) in [4.78, 5) is 12.1. The van der Waals surface area contributed by atoms with Crippen molar-refractivity contribution in [1.82, 2.24) is 15.1 Å². The zero-order chi connectivity index (χ0) is 15.2. The van der Waals surface area contributed by atoms with E-state index in [0.29, 0.717) is 12.1 Å². The number of nitrogens with one attached hydrogen (secondary N) is 2. The van der Waals surface area contributed by atoms with Gasteiger partial charge in [0, 0.05) is 42.6 Å². The van der Waals surface area contributed by atoms with Crippen LogP contribution in [0.5, 0.6) is 0 Å². The summed E-state index contributed by atoms with van der Waals surface area (Å²) in [5.74, 6) is -0.0692. The summed E-state index contributed by atoms with van der Waals surface area (Å²) in [7, 11) is 1.89. The predicted octanol–water partition coefficient (Wildman–Crippen LogP) is 2.48. The van der Waals surface area contributed by atoms with E-state index in [1.54, 1.807) is 10.9 Å². The topological polar surface area (TPSA) is 59.0 Å². The number of carbonyl (C=O) groups is 1. The van der Waals surface area contributed by atoms with Crippen LogP contribution in [-0.4, -0.2) is 22.2 Å². The average molecular weight is 286 g/mol. The Morgan fingerprint density at radius 2 is 2.00 bits per heavy atom. The van der Waals surface area contributed by atoms with Crippen LogP contribution >= 0.6 is 0 Å². The van der Waals surface area contributed by atoms with Crippen LogP contribution in [-0.2, 0) is 13.6 Å². The van der Waals surface area contributed by atoms with Crippen LogP contribution in [0.15, 0.2) is 30.5 Å². The third-order valence-electron chi connectivity index (χ3n) is 3.50. The number of anilines is 1. The SMILES string of the molecule is CCCNc1ccc(C(=O)NCc2cnn(C)c2C)cc1. The summed E-state index contributed by atoms with van der Waals surface area (Å²) in [6.07, 6.45) is 2.86. The first-order chi connectivity index (χ1) is 10.1. The van der Waals surface area contributed by atoms with Crippen molar-refractivity contribution in [2.45, 2.75) is 26.8 Å². The number of benzene rings is 1. The molecule has 1 amide bonds. The molecule has 0 radical (unpaired) electrons. The summed E-state index contributed by atoms with van der Waals surface area (Å²) in [6, 6.07) is 7.53. The summed E-state index contributed by atoms with van der Waals surface area (Å²) in [5.41, 5.74) is 3.80. The second-order valence-electron chi connectivity index (χ2n) is 5.07. The molecular weight excluding hydrogens is 264 g/mol. The fraction of sp³-hybridized carbons (Fsp3) is 0.375. The normalized spacial score (nSPS) is 10.4. The van der Waals surface area contributed by atoms with Gasteiger partial charge in [-0.1, -0.05) is 6.92 Å². The highest BCUT2D eigenvalue weighted by Gasteiger charge is 2.08. The molecule has 0 saturated carbocycles. The molecule has 2 N–H and O–H groups in total. The number of nitrogens with zero attached hydrogens (tertiary/aromatic N) is 2. The van der Waals surface area contributed by atoms with Gasteiger partial charge in [0.2, 0.25) is 0 Å². The number of aryl methyl sites for hydroxylation is 1. The molecule has 2 aromatic rings. The van der Waals surface area contributed by atoms with Gasteiger partial charge in [0.25, 0.3) is 5.91 Å². The minimum atomic E-state index is -0.0692. The fourth-order valence-corrected chi connectivity index (χ4v) is 2.00. The summed E-state index contributed by atoms with van der Waals surface area (Å²) < 4.78 is 1.80. The van der Waals surface area contributed by atoms with E-state index in [2.05, 4.69) is 22.7 Å². The lowest BCUT2D eigenvalue weighted by atomic mass is 10.2. The lowest BCUT2D eigenvalue weighted by Crippen LogP contribution is -2.23. The third kappa shape index (κ3) is 3.84. The number of aromatic nitrogens is 2. The zero-order valence-electron chi connectivity index (χ0n) is 12.8. The fourth-order valence-electron chi connectivity index (χ4n) is 2.00. The Morgan fingerprint density at radius 3 is 2.57 bits per heavy atom. The van der Waals surface area contributed by atoms with Gasteiger partial charge in [-0.05, 0) is 37.6 Å². The highest BCUT2D eigenvalue weighted by atomic mass is 16.1. The van der Waals surface area contributed by atoms with Crippen LogP contribution in [0.25, 0.3) is 0 Å². The molecule has 0 spiro atoms. The number of amides is 1. The van der Waals surface area contributed by atoms with Gasteiger partial charge >= 0.3 is 0 Å². The molecule has 0 aliphatic heterocycles. The van der Waals surface area contributed by atoms with Crippen LogP contribution in [0.3, 0.4) is 0 Å². The van der Waals surface area contributed by atoms with E-state index in [0.717, 1.165) is 29.9 Å². The largest absolute Gasteiger partial charge is 0.385 e. The molecule has 0 atom stereocenters. The maximum absolute atomic E-state index is 12.1. The van der Waals surface area contributed by atoms with Crippen molar-refractivity contribution in [3.05, 3.63) is 47.3 Å². The zero-order valence-corrected chi connectivity index (χ0v) is 12.8. The minimum Gasteiger partial charge on any atom is -0.385 e. The number of hydrogen-bond acceptors (Lipinski definition) is 3. The first-order valence-electron chi connectivity index (χ1n) is 7.21.